The fraction of sp³-hybridized carbons (Fsp3) is 0.200. The Balaban J connectivity index is 3.07. The predicted molar refractivity (Wildman–Crippen MR) is 54.0 cm³/mol. The smallest absolute Gasteiger partial charge is 0.313 e. The number of ether oxygens (including phenoxy) is 1. The van der Waals surface area contributed by atoms with E-state index in [1.165, 1.54) is 6.07 Å². The Morgan fingerprint density at radius 3 is 2.65 bits per heavy atom. The first kappa shape index (κ1) is 12.8. The molecule has 6 nitrogen and oxygen atoms in total. The molecule has 0 aliphatic carbocycles. The topological polar surface area (TPSA) is 86.5 Å². The second-order valence-corrected chi connectivity index (χ2v) is 3.07. The van der Waals surface area contributed by atoms with Gasteiger partial charge < -0.3 is 4.74 Å². The SMILES string of the molecule is COC(=O)CC(=O)c1cccc([N+](=O)[O-])c1F. The zero-order valence-electron chi connectivity index (χ0n) is 8.81. The van der Waals surface area contributed by atoms with Crippen LogP contribution in [0.5, 0.6) is 0 Å². The van der Waals surface area contributed by atoms with Gasteiger partial charge >= 0.3 is 11.7 Å². The summed E-state index contributed by atoms with van der Waals surface area (Å²) in [4.78, 5) is 31.8. The zero-order chi connectivity index (χ0) is 13.0. The van der Waals surface area contributed by atoms with Gasteiger partial charge in [-0.25, -0.2) is 0 Å². The van der Waals surface area contributed by atoms with Crippen molar-refractivity contribution in [3.8, 4) is 0 Å². The molecule has 17 heavy (non-hydrogen) atoms. The number of esters is 1. The van der Waals surface area contributed by atoms with Crippen LogP contribution in [0.15, 0.2) is 18.2 Å². The van der Waals surface area contributed by atoms with Gasteiger partial charge in [0.15, 0.2) is 5.78 Å². The van der Waals surface area contributed by atoms with Crippen molar-refractivity contribution in [2.24, 2.45) is 0 Å². The molecule has 0 aliphatic rings. The molecular formula is C10H8FNO5. The highest BCUT2D eigenvalue weighted by Crippen LogP contribution is 2.21. The van der Waals surface area contributed by atoms with E-state index in [0.29, 0.717) is 0 Å². The van der Waals surface area contributed by atoms with Crippen molar-refractivity contribution in [3.63, 3.8) is 0 Å². The normalized spacial score (nSPS) is 9.76. The highest BCUT2D eigenvalue weighted by molar-refractivity contribution is 6.06. The fourth-order valence-corrected chi connectivity index (χ4v) is 1.17. The summed E-state index contributed by atoms with van der Waals surface area (Å²) < 4.78 is 17.8. The second-order valence-electron chi connectivity index (χ2n) is 3.07. The number of nitro benzene ring substituents is 1. The number of halogens is 1. The van der Waals surface area contributed by atoms with Crippen molar-refractivity contribution in [3.05, 3.63) is 39.7 Å². The lowest BCUT2D eigenvalue weighted by molar-refractivity contribution is -0.387. The maximum absolute atomic E-state index is 13.5. The summed E-state index contributed by atoms with van der Waals surface area (Å²) in [6.45, 7) is 0. The molecule has 7 heteroatoms. The molecule has 0 saturated heterocycles. The third-order valence-electron chi connectivity index (χ3n) is 2.01. The molecule has 1 rings (SSSR count). The number of rotatable bonds is 4. The molecule has 1 aromatic rings. The minimum absolute atomic E-state index is 0.496. The molecule has 0 unspecified atom stereocenters. The van der Waals surface area contributed by atoms with E-state index in [-0.39, 0.29) is 0 Å². The first-order valence-corrected chi connectivity index (χ1v) is 4.50. The number of carbonyl (C=O) groups excluding carboxylic acids is 2. The van der Waals surface area contributed by atoms with Crippen molar-refractivity contribution >= 4 is 17.4 Å². The Morgan fingerprint density at radius 2 is 2.12 bits per heavy atom. The van der Waals surface area contributed by atoms with Crippen molar-refractivity contribution < 1.29 is 23.6 Å². The van der Waals surface area contributed by atoms with E-state index >= 15 is 0 Å². The molecule has 0 radical (unpaired) electrons. The summed E-state index contributed by atoms with van der Waals surface area (Å²) in [7, 11) is 1.08. The van der Waals surface area contributed by atoms with Crippen LogP contribution >= 0.6 is 0 Å². The summed E-state index contributed by atoms with van der Waals surface area (Å²) in [6, 6.07) is 3.18. The number of hydrogen-bond acceptors (Lipinski definition) is 5. The van der Waals surface area contributed by atoms with Crippen molar-refractivity contribution in [2.45, 2.75) is 6.42 Å². The predicted octanol–water partition coefficient (Wildman–Crippen LogP) is 1.48. The van der Waals surface area contributed by atoms with E-state index in [1.54, 1.807) is 0 Å². The first-order valence-electron chi connectivity index (χ1n) is 4.50. The van der Waals surface area contributed by atoms with Gasteiger partial charge in [-0.3, -0.25) is 19.7 Å². The number of hydrogen-bond donors (Lipinski definition) is 0. The summed E-state index contributed by atoms with van der Waals surface area (Å²) in [5.74, 6) is -2.94. The number of methoxy groups -OCH3 is 1. The number of carbonyl (C=O) groups is 2. The number of benzene rings is 1. The highest BCUT2D eigenvalue weighted by Gasteiger charge is 2.23. The maximum atomic E-state index is 13.5. The van der Waals surface area contributed by atoms with E-state index in [2.05, 4.69) is 4.74 Å². The average Bonchev–Trinajstić information content (AvgIpc) is 2.28. The number of nitrogens with zero attached hydrogens (tertiary/aromatic N) is 1. The van der Waals surface area contributed by atoms with E-state index < -0.39 is 40.2 Å². The lowest BCUT2D eigenvalue weighted by Crippen LogP contribution is -2.11. The van der Waals surface area contributed by atoms with Gasteiger partial charge in [0.05, 0.1) is 17.6 Å². The fourth-order valence-electron chi connectivity index (χ4n) is 1.17. The third kappa shape index (κ3) is 2.83. The molecule has 0 fully saturated rings. The van der Waals surface area contributed by atoms with Gasteiger partial charge in [-0.1, -0.05) is 6.07 Å². The van der Waals surface area contributed by atoms with E-state index in [0.717, 1.165) is 19.2 Å². The zero-order valence-corrected chi connectivity index (χ0v) is 8.81. The molecule has 0 atom stereocenters. The van der Waals surface area contributed by atoms with Gasteiger partial charge in [0, 0.05) is 6.07 Å². The van der Waals surface area contributed by atoms with Gasteiger partial charge in [0.25, 0.3) is 0 Å². The Bertz CT molecular complexity index is 486. The van der Waals surface area contributed by atoms with Crippen LogP contribution < -0.4 is 0 Å². The highest BCUT2D eigenvalue weighted by atomic mass is 19.1. The summed E-state index contributed by atoms with van der Waals surface area (Å²) in [5.41, 5.74) is -1.30. The van der Waals surface area contributed by atoms with E-state index in [4.69, 9.17) is 0 Å². The lowest BCUT2D eigenvalue weighted by Gasteiger charge is -2.02. The Labute approximate surface area is 95.1 Å². The van der Waals surface area contributed by atoms with Crippen LogP contribution in [0.1, 0.15) is 16.8 Å². The van der Waals surface area contributed by atoms with Crippen LogP contribution in [0, 0.1) is 15.9 Å². The third-order valence-corrected chi connectivity index (χ3v) is 2.01. The van der Waals surface area contributed by atoms with Gasteiger partial charge in [-0.15, -0.1) is 0 Å². The van der Waals surface area contributed by atoms with Gasteiger partial charge in [0.2, 0.25) is 5.82 Å². The van der Waals surface area contributed by atoms with Crippen LogP contribution in [0.3, 0.4) is 0 Å². The summed E-state index contributed by atoms with van der Waals surface area (Å²) in [6.07, 6.45) is -0.658. The molecule has 0 aliphatic heterocycles. The molecule has 0 N–H and O–H groups in total. The number of ketones is 1. The second kappa shape index (κ2) is 5.15. The minimum atomic E-state index is -1.24. The molecule has 1 aromatic carbocycles. The molecule has 0 heterocycles. The molecule has 0 aromatic heterocycles. The lowest BCUT2D eigenvalue weighted by atomic mass is 10.1. The van der Waals surface area contributed by atoms with Crippen molar-refractivity contribution in [1.29, 1.82) is 0 Å². The molecule has 90 valence electrons. The monoisotopic (exact) mass is 241 g/mol. The van der Waals surface area contributed by atoms with Gasteiger partial charge in [-0.05, 0) is 6.07 Å². The molecule has 0 saturated carbocycles. The average molecular weight is 241 g/mol. The number of Topliss-reactive ketones (excluding diaryl/α,β-unsaturated/α-hetero) is 1. The van der Waals surface area contributed by atoms with Crippen LogP contribution in [-0.4, -0.2) is 23.8 Å². The quantitative estimate of drug-likeness (QED) is 0.262. The van der Waals surface area contributed by atoms with Crippen molar-refractivity contribution in [2.75, 3.05) is 7.11 Å². The van der Waals surface area contributed by atoms with E-state index in [1.807, 2.05) is 0 Å². The summed E-state index contributed by atoms with van der Waals surface area (Å²) in [5, 5.41) is 10.4. The van der Waals surface area contributed by atoms with Crippen molar-refractivity contribution in [1.82, 2.24) is 0 Å². The first-order chi connectivity index (χ1) is 7.97. The molecule has 0 spiro atoms. The molecular weight excluding hydrogens is 233 g/mol. The van der Waals surface area contributed by atoms with Gasteiger partial charge in [0.1, 0.15) is 6.42 Å². The van der Waals surface area contributed by atoms with Crippen LogP contribution in [0.2, 0.25) is 0 Å². The Kier molecular flexibility index (Phi) is 3.86. The van der Waals surface area contributed by atoms with E-state index in [9.17, 15) is 24.1 Å². The Hall–Kier alpha value is -2.31. The van der Waals surface area contributed by atoms with Crippen LogP contribution in [0.4, 0.5) is 10.1 Å². The molecule has 0 bridgehead atoms. The standard InChI is InChI=1S/C10H8FNO5/c1-17-9(14)5-8(13)6-3-2-4-7(10(6)11)12(15)16/h2-4H,5H2,1H3. The number of nitro groups is 1. The van der Waals surface area contributed by atoms with Gasteiger partial charge in [-0.2, -0.15) is 4.39 Å². The minimum Gasteiger partial charge on any atom is -0.469 e. The van der Waals surface area contributed by atoms with Crippen LogP contribution in [0.25, 0.3) is 0 Å². The van der Waals surface area contributed by atoms with Crippen LogP contribution in [-0.2, 0) is 9.53 Å². The maximum Gasteiger partial charge on any atom is 0.313 e. The molecule has 0 amide bonds. The Morgan fingerprint density at radius 1 is 1.47 bits per heavy atom. The summed E-state index contributed by atoms with van der Waals surface area (Å²) >= 11 is 0. The largest absolute Gasteiger partial charge is 0.469 e.